The van der Waals surface area contributed by atoms with E-state index in [-0.39, 0.29) is 62.2 Å². The first kappa shape index (κ1) is 45.9. The van der Waals surface area contributed by atoms with Crippen LogP contribution in [-0.2, 0) is 24.0 Å². The number of benzene rings is 1. The molecular weight excluding hydrogens is 715 g/mol. The van der Waals surface area contributed by atoms with Gasteiger partial charge in [0, 0.05) is 83.3 Å². The van der Waals surface area contributed by atoms with Crippen molar-refractivity contribution in [3.05, 3.63) is 24.3 Å². The number of unbranched alkanes of at least 4 members (excludes halogenated alkanes) is 6. The number of nitrogens with zero attached hydrogens (tertiary/aromatic N) is 3. The van der Waals surface area contributed by atoms with Gasteiger partial charge in [-0.15, -0.1) is 0 Å². The van der Waals surface area contributed by atoms with Crippen LogP contribution in [0.2, 0.25) is 0 Å². The molecule has 1 rings (SSSR count). The van der Waals surface area contributed by atoms with E-state index in [0.29, 0.717) is 84.9 Å². The monoisotopic (exact) mass is 769 g/mol. The van der Waals surface area contributed by atoms with Crippen LogP contribution in [0.15, 0.2) is 24.3 Å². The van der Waals surface area contributed by atoms with Crippen LogP contribution in [0.5, 0.6) is 0 Å². The second-order valence-electron chi connectivity index (χ2n) is 12.0. The fourth-order valence-electron chi connectivity index (χ4n) is 4.58. The number of nitrogens with two attached hydrogens (primary N) is 1. The highest BCUT2D eigenvalue weighted by molar-refractivity contribution is 7.80. The van der Waals surface area contributed by atoms with Gasteiger partial charge in [-0.3, -0.25) is 39.6 Å². The molecule has 0 radical (unpaired) electrons. The third kappa shape index (κ3) is 23.3. The predicted octanol–water partition coefficient (Wildman–Crippen LogP) is 2.61. The second kappa shape index (κ2) is 27.5. The van der Waals surface area contributed by atoms with E-state index in [9.17, 15) is 39.6 Å². The number of hydroxylamine groups is 6. The number of carbonyl (C=O) groups is 5. The van der Waals surface area contributed by atoms with E-state index in [0.717, 1.165) is 24.2 Å². The second-order valence-corrected chi connectivity index (χ2v) is 12.9. The van der Waals surface area contributed by atoms with Crippen LogP contribution in [0.25, 0.3) is 0 Å². The Bertz CT molecular complexity index is 1290. The summed E-state index contributed by atoms with van der Waals surface area (Å²) >= 11 is 10.1. The maximum atomic E-state index is 12.2. The molecule has 17 nitrogen and oxygen atoms in total. The highest BCUT2D eigenvalue weighted by Crippen LogP contribution is 2.13. The van der Waals surface area contributed by atoms with Crippen LogP contribution in [0.3, 0.4) is 0 Å². The van der Waals surface area contributed by atoms with Gasteiger partial charge in [0.2, 0.25) is 29.5 Å². The zero-order chi connectivity index (χ0) is 38.7. The van der Waals surface area contributed by atoms with E-state index in [1.54, 1.807) is 0 Å². The van der Waals surface area contributed by atoms with Crippen LogP contribution in [0, 0.1) is 0 Å². The highest BCUT2D eigenvalue weighted by atomic mass is 32.1. The van der Waals surface area contributed by atoms with Gasteiger partial charge in [-0.2, -0.15) is 0 Å². The lowest BCUT2D eigenvalue weighted by Crippen LogP contribution is -2.31. The Kier molecular flexibility index (Phi) is 24.2. The molecule has 0 aliphatic rings. The van der Waals surface area contributed by atoms with Crippen molar-refractivity contribution in [1.82, 2.24) is 31.1 Å². The van der Waals surface area contributed by atoms with Crippen molar-refractivity contribution < 1.29 is 39.6 Å². The Morgan fingerprint density at radius 1 is 0.577 bits per heavy atom. The molecule has 0 bridgehead atoms. The maximum absolute atomic E-state index is 12.2. The van der Waals surface area contributed by atoms with Gasteiger partial charge in [0.1, 0.15) is 0 Å². The minimum absolute atomic E-state index is 0.0534. The largest absolute Gasteiger partial charge is 0.376 e. The van der Waals surface area contributed by atoms with Crippen molar-refractivity contribution in [3.63, 3.8) is 0 Å². The Hall–Kier alpha value is -4.17. The number of thiocarbonyl (C=S) groups is 2. The number of hydrogen-bond acceptors (Lipinski definition) is 10. The van der Waals surface area contributed by atoms with Crippen LogP contribution >= 0.6 is 24.4 Å². The lowest BCUT2D eigenvalue weighted by Gasteiger charge is -2.15. The molecule has 0 heterocycles. The molecular formula is C33H55N9O8S2. The van der Waals surface area contributed by atoms with Crippen LogP contribution < -0.4 is 32.3 Å². The van der Waals surface area contributed by atoms with Gasteiger partial charge in [0.15, 0.2) is 10.2 Å². The van der Waals surface area contributed by atoms with Gasteiger partial charge in [-0.05, 0) is 106 Å². The molecule has 52 heavy (non-hydrogen) atoms. The van der Waals surface area contributed by atoms with Gasteiger partial charge in [0.25, 0.3) is 0 Å². The molecule has 0 fully saturated rings. The number of carbonyl (C=O) groups excluding carboxylic acids is 5. The summed E-state index contributed by atoms with van der Waals surface area (Å²) in [5.74, 6) is -2.13. The number of hydrogen-bond donors (Lipinski definition) is 9. The van der Waals surface area contributed by atoms with Crippen molar-refractivity contribution >= 4 is 75.6 Å². The molecule has 0 aliphatic heterocycles. The topological polar surface area (TPSA) is 242 Å². The average Bonchev–Trinajstić information content (AvgIpc) is 3.10. The van der Waals surface area contributed by atoms with Crippen molar-refractivity contribution in [3.8, 4) is 0 Å². The number of amides is 5. The summed E-state index contributed by atoms with van der Waals surface area (Å²) in [4.78, 5) is 59.2. The minimum Gasteiger partial charge on any atom is -0.376 e. The number of rotatable bonds is 26. The average molecular weight is 770 g/mol. The zero-order valence-corrected chi connectivity index (χ0v) is 31.5. The summed E-state index contributed by atoms with van der Waals surface area (Å²) in [5.41, 5.74) is 7.03. The molecule has 292 valence electrons. The summed E-state index contributed by atoms with van der Waals surface area (Å²) < 4.78 is 0. The summed E-state index contributed by atoms with van der Waals surface area (Å²) in [5, 5.41) is 46.2. The Morgan fingerprint density at radius 2 is 0.962 bits per heavy atom. The molecule has 0 saturated carbocycles. The standard InChI is InChI=1S/C33H55N9O8S2/c1-25(43)40(48)22-8-2-5-19-35-28(44)15-17-30(46)41(49)23-9-3-6-20-36-29(45)16-18-31(47)42(50)24-10-4-7-21-37-33(52)39-27-13-11-26(12-14-27)38-32(34)51/h11-14,48-50H,2-10,15-24H2,1H3,(H,35,44)(H,36,45)(H3,34,38,51)(H2,37,39,52). The van der Waals surface area contributed by atoms with Gasteiger partial charge in [0.05, 0.1) is 0 Å². The first-order chi connectivity index (χ1) is 24.8. The summed E-state index contributed by atoms with van der Waals surface area (Å²) in [6.07, 6.45) is 5.44. The fraction of sp³-hybridized carbons (Fsp3) is 0.606. The molecule has 1 aromatic rings. The van der Waals surface area contributed by atoms with E-state index in [4.69, 9.17) is 30.2 Å². The van der Waals surface area contributed by atoms with E-state index in [1.165, 1.54) is 6.92 Å². The van der Waals surface area contributed by atoms with Crippen LogP contribution in [0.1, 0.15) is 90.4 Å². The fourth-order valence-corrected chi connectivity index (χ4v) is 4.92. The lowest BCUT2D eigenvalue weighted by atomic mass is 10.2. The Morgan fingerprint density at radius 3 is 1.37 bits per heavy atom. The zero-order valence-electron chi connectivity index (χ0n) is 29.9. The smallest absolute Gasteiger partial charge is 0.246 e. The predicted molar refractivity (Wildman–Crippen MR) is 203 cm³/mol. The van der Waals surface area contributed by atoms with E-state index in [1.807, 2.05) is 24.3 Å². The van der Waals surface area contributed by atoms with Gasteiger partial charge in [-0.1, -0.05) is 0 Å². The van der Waals surface area contributed by atoms with Crippen molar-refractivity contribution in [1.29, 1.82) is 0 Å². The molecule has 10 N–H and O–H groups in total. The van der Waals surface area contributed by atoms with E-state index in [2.05, 4.69) is 26.6 Å². The summed E-state index contributed by atoms with van der Waals surface area (Å²) in [7, 11) is 0. The van der Waals surface area contributed by atoms with Crippen LogP contribution in [-0.4, -0.2) is 110 Å². The minimum atomic E-state index is -0.560. The molecule has 0 aliphatic carbocycles. The molecule has 19 heteroatoms. The first-order valence-corrected chi connectivity index (χ1v) is 18.3. The molecule has 0 atom stereocenters. The van der Waals surface area contributed by atoms with E-state index < -0.39 is 17.7 Å². The van der Waals surface area contributed by atoms with Gasteiger partial charge < -0.3 is 32.3 Å². The van der Waals surface area contributed by atoms with Crippen LogP contribution in [0.4, 0.5) is 11.4 Å². The van der Waals surface area contributed by atoms with Crippen molar-refractivity contribution in [2.75, 3.05) is 49.9 Å². The maximum Gasteiger partial charge on any atom is 0.246 e. The molecule has 0 unspecified atom stereocenters. The third-order valence-electron chi connectivity index (χ3n) is 7.55. The number of anilines is 2. The molecule has 5 amide bonds. The Labute approximate surface area is 315 Å². The quantitative estimate of drug-likeness (QED) is 0.0285. The SMILES string of the molecule is CC(=O)N(O)CCCCCNC(=O)CCC(=O)N(O)CCCCCNC(=O)CCC(=O)N(O)CCCCCNC(=S)Nc1ccc(NC(N)=S)cc1. The van der Waals surface area contributed by atoms with Gasteiger partial charge >= 0.3 is 0 Å². The summed E-state index contributed by atoms with van der Waals surface area (Å²) in [6, 6.07) is 7.30. The molecule has 0 saturated heterocycles. The normalized spacial score (nSPS) is 10.5. The molecule has 1 aromatic carbocycles. The van der Waals surface area contributed by atoms with E-state index >= 15 is 0 Å². The first-order valence-electron chi connectivity index (χ1n) is 17.5. The Balaban J connectivity index is 2.02. The van der Waals surface area contributed by atoms with Gasteiger partial charge in [-0.25, -0.2) is 15.2 Å². The molecule has 0 aromatic heterocycles. The van der Waals surface area contributed by atoms with Crippen molar-refractivity contribution in [2.24, 2.45) is 5.73 Å². The molecule has 0 spiro atoms. The lowest BCUT2D eigenvalue weighted by molar-refractivity contribution is -0.166. The third-order valence-corrected chi connectivity index (χ3v) is 7.90. The summed E-state index contributed by atoms with van der Waals surface area (Å²) in [6.45, 7) is 3.14. The highest BCUT2D eigenvalue weighted by Gasteiger charge is 2.14. The van der Waals surface area contributed by atoms with Crippen molar-refractivity contribution in [2.45, 2.75) is 90.4 Å². The number of nitrogens with one attached hydrogen (secondary N) is 5.